The molecule has 2 heterocycles. The fourth-order valence-corrected chi connectivity index (χ4v) is 3.98. The molecule has 144 valence electrons. The van der Waals surface area contributed by atoms with Crippen LogP contribution in [0.4, 0.5) is 0 Å². The van der Waals surface area contributed by atoms with E-state index in [1.165, 1.54) is 17.3 Å². The number of carbonyl (C=O) groups is 1. The number of nitrogens with zero attached hydrogens (tertiary/aromatic N) is 4. The minimum atomic E-state index is -0.247. The molecule has 0 aliphatic rings. The highest BCUT2D eigenvalue weighted by atomic mass is 32.2. The third-order valence-electron chi connectivity index (χ3n) is 4.30. The average Bonchev–Trinajstić information content (AvgIpc) is 3.19. The third kappa shape index (κ3) is 3.75. The van der Waals surface area contributed by atoms with Crippen molar-refractivity contribution in [2.45, 2.75) is 38.0 Å². The van der Waals surface area contributed by atoms with Gasteiger partial charge in [-0.25, -0.2) is 0 Å². The van der Waals surface area contributed by atoms with E-state index < -0.39 is 0 Å². The molecular formula is C21H23N5OS. The minimum Gasteiger partial charge on any atom is -0.351 e. The van der Waals surface area contributed by atoms with Crippen molar-refractivity contribution in [1.29, 1.82) is 0 Å². The fraction of sp³-hybridized carbons (Fsp3) is 0.286. The van der Waals surface area contributed by atoms with Gasteiger partial charge in [0.05, 0.1) is 23.3 Å². The quantitative estimate of drug-likeness (QED) is 0.525. The Hall–Kier alpha value is -2.80. The molecule has 0 unspecified atom stereocenters. The van der Waals surface area contributed by atoms with Crippen molar-refractivity contribution in [1.82, 2.24) is 24.5 Å². The van der Waals surface area contributed by atoms with Gasteiger partial charge in [-0.05, 0) is 38.5 Å². The van der Waals surface area contributed by atoms with Crippen LogP contribution in [0.3, 0.4) is 0 Å². The standard InChI is InChI=1S/C21H23N5OS/c1-21(2,3)22-18(27)14-28-20-24-23-19-25(13-15-9-5-4-6-10-15)16-11-7-8-12-17(16)26(19)20/h4-12H,13-14H2,1-3H3,(H,22,27). The zero-order valence-electron chi connectivity index (χ0n) is 16.2. The van der Waals surface area contributed by atoms with Gasteiger partial charge in [-0.15, -0.1) is 10.2 Å². The first kappa shape index (κ1) is 18.6. The summed E-state index contributed by atoms with van der Waals surface area (Å²) in [5.41, 5.74) is 3.09. The molecule has 2 aromatic carbocycles. The minimum absolute atomic E-state index is 0.0118. The number of fused-ring (bicyclic) bond motifs is 3. The van der Waals surface area contributed by atoms with Crippen LogP contribution in [0, 0.1) is 0 Å². The highest BCUT2D eigenvalue weighted by Crippen LogP contribution is 2.26. The molecule has 0 radical (unpaired) electrons. The maximum atomic E-state index is 12.2. The number of benzene rings is 2. The van der Waals surface area contributed by atoms with E-state index in [-0.39, 0.29) is 11.4 Å². The van der Waals surface area contributed by atoms with Crippen LogP contribution in [-0.2, 0) is 11.3 Å². The summed E-state index contributed by atoms with van der Waals surface area (Å²) < 4.78 is 4.20. The summed E-state index contributed by atoms with van der Waals surface area (Å²) in [6, 6.07) is 18.5. The molecule has 7 heteroatoms. The van der Waals surface area contributed by atoms with Gasteiger partial charge in [0.25, 0.3) is 0 Å². The lowest BCUT2D eigenvalue weighted by atomic mass is 10.1. The SMILES string of the molecule is CC(C)(C)NC(=O)CSc1nnc2n(Cc3ccccc3)c3ccccc3n12. The Bertz CT molecular complexity index is 1120. The van der Waals surface area contributed by atoms with E-state index in [1.807, 2.05) is 55.5 Å². The van der Waals surface area contributed by atoms with Crippen molar-refractivity contribution in [3.63, 3.8) is 0 Å². The second kappa shape index (κ2) is 7.31. The molecule has 0 fully saturated rings. The number of rotatable bonds is 5. The molecule has 0 bridgehead atoms. The molecule has 6 nitrogen and oxygen atoms in total. The number of amides is 1. The predicted molar refractivity (Wildman–Crippen MR) is 113 cm³/mol. The van der Waals surface area contributed by atoms with Crippen LogP contribution in [0.15, 0.2) is 59.8 Å². The molecule has 0 atom stereocenters. The van der Waals surface area contributed by atoms with E-state index >= 15 is 0 Å². The second-order valence-corrected chi connectivity index (χ2v) is 8.71. The molecule has 4 rings (SSSR count). The zero-order chi connectivity index (χ0) is 19.7. The fourth-order valence-electron chi connectivity index (χ4n) is 3.24. The molecular weight excluding hydrogens is 370 g/mol. The monoisotopic (exact) mass is 393 g/mol. The van der Waals surface area contributed by atoms with E-state index in [2.05, 4.69) is 44.3 Å². The van der Waals surface area contributed by atoms with E-state index in [0.717, 1.165) is 22.0 Å². The van der Waals surface area contributed by atoms with Crippen molar-refractivity contribution >= 4 is 34.5 Å². The number of aromatic nitrogens is 4. The van der Waals surface area contributed by atoms with Crippen LogP contribution in [0.2, 0.25) is 0 Å². The summed E-state index contributed by atoms with van der Waals surface area (Å²) >= 11 is 1.40. The number of imidazole rings is 1. The molecule has 0 aliphatic heterocycles. The maximum Gasteiger partial charge on any atom is 0.237 e. The Morgan fingerprint density at radius 1 is 1.00 bits per heavy atom. The van der Waals surface area contributed by atoms with Crippen LogP contribution >= 0.6 is 11.8 Å². The normalized spacial score (nSPS) is 12.0. The Morgan fingerprint density at radius 3 is 2.39 bits per heavy atom. The van der Waals surface area contributed by atoms with Gasteiger partial charge in [-0.2, -0.15) is 0 Å². The van der Waals surface area contributed by atoms with Gasteiger partial charge >= 0.3 is 0 Å². The lowest BCUT2D eigenvalue weighted by Gasteiger charge is -2.20. The number of thioether (sulfide) groups is 1. The molecule has 0 saturated heterocycles. The predicted octanol–water partition coefficient (Wildman–Crippen LogP) is 3.74. The molecule has 1 amide bonds. The first-order valence-corrected chi connectivity index (χ1v) is 10.2. The van der Waals surface area contributed by atoms with Crippen LogP contribution in [-0.4, -0.2) is 36.4 Å². The molecule has 0 spiro atoms. The van der Waals surface area contributed by atoms with Crippen molar-refractivity contribution < 1.29 is 4.79 Å². The summed E-state index contributed by atoms with van der Waals surface area (Å²) in [6.07, 6.45) is 0. The topological polar surface area (TPSA) is 64.2 Å². The van der Waals surface area contributed by atoms with Gasteiger partial charge in [-0.3, -0.25) is 9.20 Å². The van der Waals surface area contributed by atoms with Gasteiger partial charge in [-0.1, -0.05) is 54.2 Å². The second-order valence-electron chi connectivity index (χ2n) is 7.77. The number of carbonyl (C=O) groups excluding carboxylic acids is 1. The Kier molecular flexibility index (Phi) is 4.85. The molecule has 2 aromatic heterocycles. The molecule has 4 aromatic rings. The van der Waals surface area contributed by atoms with Gasteiger partial charge in [0.2, 0.25) is 11.7 Å². The van der Waals surface area contributed by atoms with Gasteiger partial charge in [0, 0.05) is 5.54 Å². The summed E-state index contributed by atoms with van der Waals surface area (Å²) in [6.45, 7) is 6.64. The Balaban J connectivity index is 1.69. The van der Waals surface area contributed by atoms with Crippen molar-refractivity contribution in [3.8, 4) is 0 Å². The highest BCUT2D eigenvalue weighted by molar-refractivity contribution is 7.99. The van der Waals surface area contributed by atoms with Crippen LogP contribution in [0.1, 0.15) is 26.3 Å². The van der Waals surface area contributed by atoms with Gasteiger partial charge < -0.3 is 9.88 Å². The van der Waals surface area contributed by atoms with E-state index in [9.17, 15) is 4.79 Å². The van der Waals surface area contributed by atoms with Crippen molar-refractivity contribution in [2.24, 2.45) is 0 Å². The van der Waals surface area contributed by atoms with Crippen LogP contribution in [0.25, 0.3) is 16.8 Å². The summed E-state index contributed by atoms with van der Waals surface area (Å²) in [7, 11) is 0. The highest BCUT2D eigenvalue weighted by Gasteiger charge is 2.19. The lowest BCUT2D eigenvalue weighted by molar-refractivity contribution is -0.119. The zero-order valence-corrected chi connectivity index (χ0v) is 17.0. The number of para-hydroxylation sites is 2. The van der Waals surface area contributed by atoms with E-state index in [0.29, 0.717) is 12.3 Å². The Morgan fingerprint density at radius 2 is 1.68 bits per heavy atom. The lowest BCUT2D eigenvalue weighted by Crippen LogP contribution is -2.41. The third-order valence-corrected chi connectivity index (χ3v) is 5.23. The van der Waals surface area contributed by atoms with Gasteiger partial charge in [0.15, 0.2) is 5.16 Å². The smallest absolute Gasteiger partial charge is 0.237 e. The molecule has 0 aliphatic carbocycles. The molecule has 28 heavy (non-hydrogen) atoms. The van der Waals surface area contributed by atoms with E-state index in [1.54, 1.807) is 0 Å². The number of nitrogens with one attached hydrogen (secondary N) is 1. The average molecular weight is 394 g/mol. The first-order chi connectivity index (χ1) is 13.4. The number of hydrogen-bond donors (Lipinski definition) is 1. The molecule has 0 saturated carbocycles. The van der Waals surface area contributed by atoms with Crippen molar-refractivity contribution in [2.75, 3.05) is 5.75 Å². The van der Waals surface area contributed by atoms with Gasteiger partial charge in [0.1, 0.15) is 0 Å². The molecule has 1 N–H and O–H groups in total. The maximum absolute atomic E-state index is 12.2. The summed E-state index contributed by atoms with van der Waals surface area (Å²) in [4.78, 5) is 12.2. The number of hydrogen-bond acceptors (Lipinski definition) is 4. The van der Waals surface area contributed by atoms with Crippen LogP contribution in [0.5, 0.6) is 0 Å². The summed E-state index contributed by atoms with van der Waals surface area (Å²) in [5.74, 6) is 1.07. The van der Waals surface area contributed by atoms with Crippen molar-refractivity contribution in [3.05, 3.63) is 60.2 Å². The van der Waals surface area contributed by atoms with E-state index in [4.69, 9.17) is 0 Å². The summed E-state index contributed by atoms with van der Waals surface area (Å²) in [5, 5.41) is 12.5. The first-order valence-electron chi connectivity index (χ1n) is 9.22. The van der Waals surface area contributed by atoms with Crippen LogP contribution < -0.4 is 5.32 Å². The Labute approximate surface area is 168 Å². The largest absolute Gasteiger partial charge is 0.351 e.